The standard InChI is InChI=1S/C19H13F3INO3S2/c1-26-14-7-10(6-13(23)16(14)27-2)8-15-17(25)24(18(28)29-15)12-5-3-4-11(9-12)19(20,21)22/h3-9H,1-2H3/b15-8-. The molecular weight excluding hydrogens is 538 g/mol. The number of carbonyl (C=O) groups excluding carboxylic acids is 1. The fraction of sp³-hybridized carbons (Fsp3) is 0.158. The predicted molar refractivity (Wildman–Crippen MR) is 119 cm³/mol. The van der Waals surface area contributed by atoms with Crippen molar-refractivity contribution in [1.82, 2.24) is 0 Å². The maximum absolute atomic E-state index is 13.0. The van der Waals surface area contributed by atoms with Crippen molar-refractivity contribution in [3.63, 3.8) is 0 Å². The molecule has 0 radical (unpaired) electrons. The van der Waals surface area contributed by atoms with E-state index in [1.165, 1.54) is 26.4 Å². The van der Waals surface area contributed by atoms with Crippen molar-refractivity contribution in [3.05, 3.63) is 56.0 Å². The highest BCUT2D eigenvalue weighted by Crippen LogP contribution is 2.40. The van der Waals surface area contributed by atoms with E-state index in [4.69, 9.17) is 21.7 Å². The minimum atomic E-state index is -4.51. The Hall–Kier alpha value is -1.79. The predicted octanol–water partition coefficient (Wildman–Crippen LogP) is 5.73. The molecule has 1 amide bonds. The Labute approximate surface area is 188 Å². The van der Waals surface area contributed by atoms with Gasteiger partial charge in [-0.2, -0.15) is 13.2 Å². The molecule has 10 heteroatoms. The molecule has 1 fully saturated rings. The van der Waals surface area contributed by atoms with Crippen LogP contribution >= 0.6 is 46.6 Å². The molecule has 4 nitrogen and oxygen atoms in total. The van der Waals surface area contributed by atoms with Crippen molar-refractivity contribution in [3.8, 4) is 11.5 Å². The molecule has 0 unspecified atom stereocenters. The average Bonchev–Trinajstić information content (AvgIpc) is 2.93. The zero-order valence-electron chi connectivity index (χ0n) is 15.0. The second-order valence-corrected chi connectivity index (χ2v) is 8.64. The second kappa shape index (κ2) is 8.52. The SMILES string of the molecule is COc1cc(/C=C2\SC(=S)N(c3cccc(C(F)(F)F)c3)C2=O)cc(I)c1OC. The third kappa shape index (κ3) is 4.53. The number of carbonyl (C=O) groups is 1. The number of nitrogens with zero attached hydrogens (tertiary/aromatic N) is 1. The molecule has 2 aromatic carbocycles. The molecule has 0 bridgehead atoms. The van der Waals surface area contributed by atoms with Gasteiger partial charge in [-0.05, 0) is 64.6 Å². The number of hydrogen-bond acceptors (Lipinski definition) is 5. The summed E-state index contributed by atoms with van der Waals surface area (Å²) in [6, 6.07) is 8.03. The number of benzene rings is 2. The molecule has 29 heavy (non-hydrogen) atoms. The molecule has 0 aromatic heterocycles. The van der Waals surface area contributed by atoms with Crippen molar-refractivity contribution < 1.29 is 27.4 Å². The number of thioether (sulfide) groups is 1. The van der Waals surface area contributed by atoms with Crippen molar-refractivity contribution >= 4 is 68.6 Å². The van der Waals surface area contributed by atoms with Crippen LogP contribution in [0.2, 0.25) is 0 Å². The van der Waals surface area contributed by atoms with Gasteiger partial charge >= 0.3 is 6.18 Å². The Balaban J connectivity index is 1.97. The topological polar surface area (TPSA) is 38.8 Å². The summed E-state index contributed by atoms with van der Waals surface area (Å²) in [4.78, 5) is 14.3. The van der Waals surface area contributed by atoms with E-state index in [1.807, 2.05) is 0 Å². The number of ether oxygens (including phenoxy) is 2. The van der Waals surface area contributed by atoms with Gasteiger partial charge < -0.3 is 9.47 Å². The van der Waals surface area contributed by atoms with Gasteiger partial charge in [0.15, 0.2) is 15.8 Å². The van der Waals surface area contributed by atoms with Gasteiger partial charge in [-0.1, -0.05) is 30.0 Å². The van der Waals surface area contributed by atoms with Crippen LogP contribution < -0.4 is 14.4 Å². The van der Waals surface area contributed by atoms with E-state index in [0.29, 0.717) is 22.0 Å². The molecule has 0 N–H and O–H groups in total. The molecular formula is C19H13F3INO3S2. The van der Waals surface area contributed by atoms with Gasteiger partial charge in [-0.3, -0.25) is 9.69 Å². The van der Waals surface area contributed by atoms with Crippen molar-refractivity contribution in [2.24, 2.45) is 0 Å². The van der Waals surface area contributed by atoms with Gasteiger partial charge in [0.1, 0.15) is 0 Å². The second-order valence-electron chi connectivity index (χ2n) is 5.80. The molecule has 0 atom stereocenters. The molecule has 0 saturated carbocycles. The maximum Gasteiger partial charge on any atom is 0.416 e. The first-order valence-corrected chi connectivity index (χ1v) is 10.3. The van der Waals surface area contributed by atoms with Crippen LogP contribution in [0.25, 0.3) is 6.08 Å². The highest BCUT2D eigenvalue weighted by atomic mass is 127. The molecule has 0 aliphatic carbocycles. The maximum atomic E-state index is 13.0. The minimum Gasteiger partial charge on any atom is -0.493 e. The van der Waals surface area contributed by atoms with Crippen LogP contribution in [0.1, 0.15) is 11.1 Å². The van der Waals surface area contributed by atoms with Crippen molar-refractivity contribution in [2.45, 2.75) is 6.18 Å². The van der Waals surface area contributed by atoms with Crippen molar-refractivity contribution in [2.75, 3.05) is 19.1 Å². The van der Waals surface area contributed by atoms with Crippen LogP contribution in [-0.2, 0) is 11.0 Å². The lowest BCUT2D eigenvalue weighted by Crippen LogP contribution is -2.27. The Bertz CT molecular complexity index is 1020. The summed E-state index contributed by atoms with van der Waals surface area (Å²) >= 11 is 8.36. The molecule has 1 aliphatic rings. The summed E-state index contributed by atoms with van der Waals surface area (Å²) in [5, 5.41) is 0. The minimum absolute atomic E-state index is 0.0765. The highest BCUT2D eigenvalue weighted by Gasteiger charge is 2.36. The van der Waals surface area contributed by atoms with Crippen LogP contribution in [0.4, 0.5) is 18.9 Å². The van der Waals surface area contributed by atoms with Gasteiger partial charge in [0.25, 0.3) is 5.91 Å². The largest absolute Gasteiger partial charge is 0.493 e. The smallest absolute Gasteiger partial charge is 0.416 e. The first kappa shape index (κ1) is 21.9. The molecule has 152 valence electrons. The lowest BCUT2D eigenvalue weighted by molar-refractivity contribution is -0.137. The Morgan fingerprint density at radius 2 is 1.90 bits per heavy atom. The molecule has 1 aliphatic heterocycles. The first-order valence-electron chi connectivity index (χ1n) is 8.02. The van der Waals surface area contributed by atoms with Crippen molar-refractivity contribution in [1.29, 1.82) is 0 Å². The fourth-order valence-corrected chi connectivity index (χ4v) is 4.83. The lowest BCUT2D eigenvalue weighted by atomic mass is 10.1. The molecule has 0 spiro atoms. The zero-order chi connectivity index (χ0) is 21.3. The van der Waals surface area contributed by atoms with E-state index >= 15 is 0 Å². The summed E-state index contributed by atoms with van der Waals surface area (Å²) in [6.45, 7) is 0. The van der Waals surface area contributed by atoms with Gasteiger partial charge in [0.2, 0.25) is 0 Å². The zero-order valence-corrected chi connectivity index (χ0v) is 18.8. The molecule has 1 saturated heterocycles. The molecule has 3 rings (SSSR count). The normalized spacial score (nSPS) is 15.9. The van der Waals surface area contributed by atoms with Gasteiger partial charge in [-0.25, -0.2) is 0 Å². The third-order valence-corrected chi connectivity index (χ3v) is 6.08. The van der Waals surface area contributed by atoms with E-state index in [-0.39, 0.29) is 10.0 Å². The monoisotopic (exact) mass is 551 g/mol. The molecule has 2 aromatic rings. The number of methoxy groups -OCH3 is 2. The van der Waals surface area contributed by atoms with E-state index in [9.17, 15) is 18.0 Å². The summed E-state index contributed by atoms with van der Waals surface area (Å²) in [5.74, 6) is 0.588. The van der Waals surface area contributed by atoms with Gasteiger partial charge in [0.05, 0.1) is 33.9 Å². The van der Waals surface area contributed by atoms with Crippen LogP contribution in [0.15, 0.2) is 41.3 Å². The van der Waals surface area contributed by atoms with Crippen LogP contribution in [0.5, 0.6) is 11.5 Å². The summed E-state index contributed by atoms with van der Waals surface area (Å²) in [7, 11) is 3.03. The van der Waals surface area contributed by atoms with Crippen LogP contribution in [0, 0.1) is 3.57 Å². The number of alkyl halides is 3. The Kier molecular flexibility index (Phi) is 6.44. The van der Waals surface area contributed by atoms with E-state index < -0.39 is 17.6 Å². The van der Waals surface area contributed by atoms with Gasteiger partial charge in [-0.15, -0.1) is 0 Å². The lowest BCUT2D eigenvalue weighted by Gasteiger charge is -2.16. The molecule has 1 heterocycles. The number of thiocarbonyl (C=S) groups is 1. The summed E-state index contributed by atoms with van der Waals surface area (Å²) in [5.41, 5.74) is -0.0910. The highest BCUT2D eigenvalue weighted by molar-refractivity contribution is 14.1. The number of amides is 1. The summed E-state index contributed by atoms with van der Waals surface area (Å²) in [6.07, 6.45) is -2.89. The summed E-state index contributed by atoms with van der Waals surface area (Å²) < 4.78 is 50.6. The first-order chi connectivity index (χ1) is 13.7. The quantitative estimate of drug-likeness (QED) is 0.276. The van der Waals surface area contributed by atoms with Crippen LogP contribution in [0.3, 0.4) is 0 Å². The Morgan fingerprint density at radius 3 is 2.52 bits per heavy atom. The fourth-order valence-electron chi connectivity index (χ4n) is 2.68. The number of halogens is 4. The van der Waals surface area contributed by atoms with E-state index in [2.05, 4.69) is 22.6 Å². The van der Waals surface area contributed by atoms with E-state index in [0.717, 1.165) is 32.4 Å². The Morgan fingerprint density at radius 1 is 1.17 bits per heavy atom. The number of hydrogen-bond donors (Lipinski definition) is 0. The van der Waals surface area contributed by atoms with Gasteiger partial charge in [0, 0.05) is 0 Å². The number of anilines is 1. The van der Waals surface area contributed by atoms with Crippen LogP contribution in [-0.4, -0.2) is 24.4 Å². The number of rotatable bonds is 4. The third-order valence-electron chi connectivity index (χ3n) is 3.98. The average molecular weight is 551 g/mol. The van der Waals surface area contributed by atoms with E-state index in [1.54, 1.807) is 18.2 Å².